The Bertz CT molecular complexity index is 354. The van der Waals surface area contributed by atoms with Crippen molar-refractivity contribution in [2.45, 2.75) is 39.2 Å². The molecule has 1 aliphatic heterocycles. The van der Waals surface area contributed by atoms with Crippen molar-refractivity contribution in [1.82, 2.24) is 4.90 Å². The zero-order valence-electron chi connectivity index (χ0n) is 10.5. The van der Waals surface area contributed by atoms with Crippen LogP contribution >= 0.6 is 0 Å². The second-order valence-electron chi connectivity index (χ2n) is 6.11. The molecule has 5 heteroatoms. The van der Waals surface area contributed by atoms with Crippen LogP contribution in [0.1, 0.15) is 33.6 Å². The topological polar surface area (TPSA) is 66.8 Å². The quantitative estimate of drug-likeness (QED) is 0.759. The van der Waals surface area contributed by atoms with E-state index in [0.29, 0.717) is 6.54 Å². The monoisotopic (exact) mass is 241 g/mol. The van der Waals surface area contributed by atoms with Crippen molar-refractivity contribution in [3.05, 3.63) is 0 Å². The predicted octanol–water partition coefficient (Wildman–Crippen LogP) is 1.72. The maximum absolute atomic E-state index is 11.9. The average molecular weight is 241 g/mol. The van der Waals surface area contributed by atoms with Crippen LogP contribution in [0.2, 0.25) is 0 Å². The van der Waals surface area contributed by atoms with Gasteiger partial charge >= 0.3 is 12.1 Å². The Balaban J connectivity index is 2.01. The average Bonchev–Trinajstić information content (AvgIpc) is 2.74. The van der Waals surface area contributed by atoms with Crippen molar-refractivity contribution in [1.29, 1.82) is 0 Å². The summed E-state index contributed by atoms with van der Waals surface area (Å²) in [5, 5.41) is 9.14. The molecular weight excluding hydrogens is 222 g/mol. The fourth-order valence-corrected chi connectivity index (χ4v) is 2.44. The summed E-state index contributed by atoms with van der Waals surface area (Å²) in [5.41, 5.74) is -0.697. The zero-order valence-corrected chi connectivity index (χ0v) is 10.5. The number of carboxylic acid groups (broad SMARTS) is 1. The van der Waals surface area contributed by atoms with Crippen LogP contribution in [0, 0.1) is 11.3 Å². The van der Waals surface area contributed by atoms with Gasteiger partial charge in [-0.15, -0.1) is 0 Å². The number of likely N-dealkylation sites (tertiary alicyclic amines) is 1. The molecule has 1 aliphatic carbocycles. The lowest BCUT2D eigenvalue weighted by atomic mass is 9.93. The molecule has 1 spiro atoms. The fourth-order valence-electron chi connectivity index (χ4n) is 2.44. The third-order valence-electron chi connectivity index (χ3n) is 3.49. The minimum atomic E-state index is -0.798. The molecule has 1 saturated carbocycles. The van der Waals surface area contributed by atoms with Crippen molar-refractivity contribution in [2.75, 3.05) is 13.1 Å². The smallest absolute Gasteiger partial charge is 0.410 e. The van der Waals surface area contributed by atoms with Gasteiger partial charge in [-0.1, -0.05) is 0 Å². The zero-order chi connectivity index (χ0) is 12.8. The summed E-state index contributed by atoms with van der Waals surface area (Å²) < 4.78 is 5.26. The van der Waals surface area contributed by atoms with Crippen LogP contribution in [0.4, 0.5) is 4.79 Å². The summed E-state index contributed by atoms with van der Waals surface area (Å²) in [6, 6.07) is 0. The van der Waals surface area contributed by atoms with Gasteiger partial charge in [-0.3, -0.25) is 4.79 Å². The molecule has 1 atom stereocenters. The minimum Gasteiger partial charge on any atom is -0.481 e. The highest BCUT2D eigenvalue weighted by atomic mass is 16.6. The molecule has 2 fully saturated rings. The normalized spacial score (nSPS) is 26.1. The molecule has 2 rings (SSSR count). The van der Waals surface area contributed by atoms with Gasteiger partial charge in [0.25, 0.3) is 0 Å². The third-order valence-corrected chi connectivity index (χ3v) is 3.49. The van der Waals surface area contributed by atoms with Crippen LogP contribution in [0.15, 0.2) is 0 Å². The molecule has 17 heavy (non-hydrogen) atoms. The fraction of sp³-hybridized carbons (Fsp3) is 0.833. The van der Waals surface area contributed by atoms with Gasteiger partial charge in [0, 0.05) is 18.5 Å². The molecule has 5 nitrogen and oxygen atoms in total. The number of aliphatic carboxylic acids is 1. The van der Waals surface area contributed by atoms with Crippen LogP contribution in [0.25, 0.3) is 0 Å². The van der Waals surface area contributed by atoms with E-state index < -0.39 is 23.6 Å². The van der Waals surface area contributed by atoms with E-state index in [-0.39, 0.29) is 12.0 Å². The summed E-state index contributed by atoms with van der Waals surface area (Å²) in [6.45, 7) is 6.23. The van der Waals surface area contributed by atoms with Gasteiger partial charge in [-0.25, -0.2) is 4.79 Å². The molecule has 96 valence electrons. The number of hydrogen-bond donors (Lipinski definition) is 1. The number of carboxylic acids is 1. The second-order valence-corrected chi connectivity index (χ2v) is 6.11. The number of amides is 1. The first-order valence-corrected chi connectivity index (χ1v) is 5.94. The highest BCUT2D eigenvalue weighted by Gasteiger charge is 2.59. The molecule has 0 bridgehead atoms. The van der Waals surface area contributed by atoms with Crippen molar-refractivity contribution >= 4 is 12.1 Å². The van der Waals surface area contributed by atoms with Crippen molar-refractivity contribution in [3.8, 4) is 0 Å². The van der Waals surface area contributed by atoms with E-state index in [9.17, 15) is 9.59 Å². The van der Waals surface area contributed by atoms with Crippen LogP contribution in [0.3, 0.4) is 0 Å². The lowest BCUT2D eigenvalue weighted by Crippen LogP contribution is -2.36. The third kappa shape index (κ3) is 2.37. The number of nitrogens with zero attached hydrogens (tertiary/aromatic N) is 1. The van der Waals surface area contributed by atoms with Crippen molar-refractivity contribution < 1.29 is 19.4 Å². The first kappa shape index (κ1) is 12.2. The van der Waals surface area contributed by atoms with Crippen LogP contribution < -0.4 is 0 Å². The molecule has 0 unspecified atom stereocenters. The van der Waals surface area contributed by atoms with Gasteiger partial charge in [0.05, 0.1) is 5.92 Å². The molecule has 1 N–H and O–H groups in total. The lowest BCUT2D eigenvalue weighted by molar-refractivity contribution is -0.142. The summed E-state index contributed by atoms with van der Waals surface area (Å²) in [6.07, 6.45) is 1.42. The molecule has 0 radical (unpaired) electrons. The van der Waals surface area contributed by atoms with Crippen LogP contribution in [-0.2, 0) is 9.53 Å². The first-order valence-electron chi connectivity index (χ1n) is 5.94. The Hall–Kier alpha value is -1.26. The Morgan fingerprint density at radius 2 is 1.94 bits per heavy atom. The van der Waals surface area contributed by atoms with Gasteiger partial charge in [0.1, 0.15) is 5.60 Å². The summed E-state index contributed by atoms with van der Waals surface area (Å²) in [7, 11) is 0. The van der Waals surface area contributed by atoms with E-state index in [0.717, 1.165) is 12.8 Å². The molecule has 0 aromatic carbocycles. The summed E-state index contributed by atoms with van der Waals surface area (Å²) >= 11 is 0. The number of carbonyl (C=O) groups is 2. The minimum absolute atomic E-state index is 0.164. The molecule has 2 aliphatic rings. The SMILES string of the molecule is CC(C)(C)OC(=O)N1C[C@H](C(=O)O)C2(CC2)C1. The maximum Gasteiger partial charge on any atom is 0.410 e. The summed E-state index contributed by atoms with van der Waals surface area (Å²) in [4.78, 5) is 24.5. The maximum atomic E-state index is 11.9. The molecule has 1 amide bonds. The Labute approximate surface area is 101 Å². The molecule has 0 aromatic heterocycles. The molecule has 1 heterocycles. The second kappa shape index (κ2) is 3.62. The van der Waals surface area contributed by atoms with Gasteiger partial charge in [0.15, 0.2) is 0 Å². The van der Waals surface area contributed by atoms with Crippen molar-refractivity contribution in [2.24, 2.45) is 11.3 Å². The Morgan fingerprint density at radius 3 is 2.29 bits per heavy atom. The van der Waals surface area contributed by atoms with Gasteiger partial charge in [-0.2, -0.15) is 0 Å². The van der Waals surface area contributed by atoms with E-state index in [2.05, 4.69) is 0 Å². The summed E-state index contributed by atoms with van der Waals surface area (Å²) in [5.74, 6) is -1.22. The van der Waals surface area contributed by atoms with Gasteiger partial charge < -0.3 is 14.7 Å². The lowest BCUT2D eigenvalue weighted by Gasteiger charge is -2.24. The Morgan fingerprint density at radius 1 is 1.35 bits per heavy atom. The predicted molar refractivity (Wildman–Crippen MR) is 60.6 cm³/mol. The van der Waals surface area contributed by atoms with Crippen LogP contribution in [0.5, 0.6) is 0 Å². The highest BCUT2D eigenvalue weighted by molar-refractivity contribution is 5.76. The van der Waals surface area contributed by atoms with E-state index in [1.807, 2.05) is 20.8 Å². The van der Waals surface area contributed by atoms with Gasteiger partial charge in [-0.05, 0) is 33.6 Å². The van der Waals surface area contributed by atoms with E-state index >= 15 is 0 Å². The molecular formula is C12H19NO4. The standard InChI is InChI=1S/C12H19NO4/c1-11(2,3)17-10(16)13-6-8(9(14)15)12(7-13)4-5-12/h8H,4-7H2,1-3H3,(H,14,15)/t8-/m1/s1. The van der Waals surface area contributed by atoms with E-state index in [1.54, 1.807) is 0 Å². The van der Waals surface area contributed by atoms with Crippen molar-refractivity contribution in [3.63, 3.8) is 0 Å². The van der Waals surface area contributed by atoms with Crippen LogP contribution in [-0.4, -0.2) is 40.8 Å². The Kier molecular flexibility index (Phi) is 2.60. The number of ether oxygens (including phenoxy) is 1. The number of rotatable bonds is 1. The number of hydrogen-bond acceptors (Lipinski definition) is 3. The van der Waals surface area contributed by atoms with E-state index in [4.69, 9.17) is 9.84 Å². The van der Waals surface area contributed by atoms with E-state index in [1.165, 1.54) is 4.90 Å². The van der Waals surface area contributed by atoms with Gasteiger partial charge in [0.2, 0.25) is 0 Å². The first-order chi connectivity index (χ1) is 7.73. The molecule has 1 saturated heterocycles. The molecule has 0 aromatic rings. The highest BCUT2D eigenvalue weighted by Crippen LogP contribution is 2.56. The number of carbonyl (C=O) groups excluding carboxylic acids is 1. The largest absolute Gasteiger partial charge is 0.481 e.